The summed E-state index contributed by atoms with van der Waals surface area (Å²) in [5.74, 6) is 0.330. The topological polar surface area (TPSA) is 46.3 Å². The molecule has 4 heteroatoms. The monoisotopic (exact) mass is 186 g/mol. The van der Waals surface area contributed by atoms with Crippen molar-refractivity contribution in [3.05, 3.63) is 0 Å². The van der Waals surface area contributed by atoms with Gasteiger partial charge < -0.3 is 10.6 Å². The molecule has 74 valence electrons. The molecule has 1 aliphatic heterocycles. The van der Waals surface area contributed by atoms with Gasteiger partial charge in [0, 0.05) is 18.5 Å². The summed E-state index contributed by atoms with van der Waals surface area (Å²) >= 11 is 0. The quantitative estimate of drug-likeness (QED) is 0.640. The van der Waals surface area contributed by atoms with Crippen molar-refractivity contribution >= 4 is 5.91 Å². The third-order valence-corrected chi connectivity index (χ3v) is 2.83. The largest absolute Gasteiger partial charge is 0.339 e. The Labute approximate surface area is 77.1 Å². The predicted octanol–water partition coefficient (Wildman–Crippen LogP) is 0.294. The van der Waals surface area contributed by atoms with Crippen molar-refractivity contribution < 1.29 is 9.18 Å². The lowest BCUT2D eigenvalue weighted by Gasteiger charge is -2.32. The summed E-state index contributed by atoms with van der Waals surface area (Å²) in [4.78, 5) is 13.2. The summed E-state index contributed by atoms with van der Waals surface area (Å²) in [7, 11) is 0. The molecule has 1 heterocycles. The van der Waals surface area contributed by atoms with Gasteiger partial charge in [0.05, 0.1) is 6.54 Å². The Morgan fingerprint density at radius 1 is 1.38 bits per heavy atom. The highest BCUT2D eigenvalue weighted by molar-refractivity contribution is 5.81. The van der Waals surface area contributed by atoms with E-state index in [0.29, 0.717) is 13.0 Å². The molecule has 2 aliphatic rings. The summed E-state index contributed by atoms with van der Waals surface area (Å²) in [6.07, 6.45) is 1.53. The highest BCUT2D eigenvalue weighted by Gasteiger charge is 2.37. The highest BCUT2D eigenvalue weighted by Crippen LogP contribution is 2.31. The van der Waals surface area contributed by atoms with Crippen molar-refractivity contribution in [2.24, 2.45) is 11.7 Å². The summed E-state index contributed by atoms with van der Waals surface area (Å²) in [5, 5.41) is 0. The molecule has 1 amide bonds. The van der Waals surface area contributed by atoms with Crippen LogP contribution in [0.5, 0.6) is 0 Å². The summed E-state index contributed by atoms with van der Waals surface area (Å²) in [6.45, 7) is 0.841. The molecule has 2 atom stereocenters. The minimum absolute atomic E-state index is 0.134. The minimum atomic E-state index is -1.03. The number of piperidine rings is 1. The third-order valence-electron chi connectivity index (χ3n) is 2.83. The molecule has 1 saturated carbocycles. The summed E-state index contributed by atoms with van der Waals surface area (Å²) < 4.78 is 13.2. The van der Waals surface area contributed by atoms with E-state index in [1.807, 2.05) is 0 Å². The number of halogens is 1. The van der Waals surface area contributed by atoms with Crippen LogP contribution in [0, 0.1) is 5.92 Å². The molecule has 13 heavy (non-hydrogen) atoms. The first-order chi connectivity index (χ1) is 6.18. The van der Waals surface area contributed by atoms with Crippen LogP contribution >= 0.6 is 0 Å². The first-order valence-electron chi connectivity index (χ1n) is 4.87. The number of carbonyl (C=O) groups excluding carboxylic acids is 1. The fourth-order valence-electron chi connectivity index (χ4n) is 1.71. The Morgan fingerprint density at radius 3 is 2.62 bits per heavy atom. The van der Waals surface area contributed by atoms with E-state index in [1.165, 1.54) is 0 Å². The lowest BCUT2D eigenvalue weighted by atomic mass is 10.0. The summed E-state index contributed by atoms with van der Waals surface area (Å²) in [5.41, 5.74) is 5.52. The van der Waals surface area contributed by atoms with Gasteiger partial charge in [-0.2, -0.15) is 0 Å². The average molecular weight is 186 g/mol. The number of alkyl halides is 1. The smallest absolute Gasteiger partial charge is 0.225 e. The van der Waals surface area contributed by atoms with Crippen LogP contribution in [-0.4, -0.2) is 36.1 Å². The normalized spacial score (nSPS) is 34.8. The molecular formula is C9H15FN2O. The maximum absolute atomic E-state index is 13.2. The molecule has 0 bridgehead atoms. The van der Waals surface area contributed by atoms with E-state index in [0.717, 1.165) is 12.8 Å². The predicted molar refractivity (Wildman–Crippen MR) is 46.8 cm³/mol. The van der Waals surface area contributed by atoms with E-state index < -0.39 is 6.17 Å². The van der Waals surface area contributed by atoms with Gasteiger partial charge in [-0.15, -0.1) is 0 Å². The number of amides is 1. The molecule has 2 N–H and O–H groups in total. The first-order valence-corrected chi connectivity index (χ1v) is 4.87. The molecule has 1 aliphatic carbocycles. The van der Waals surface area contributed by atoms with Crippen LogP contribution in [0.15, 0.2) is 0 Å². The van der Waals surface area contributed by atoms with Gasteiger partial charge in [-0.25, -0.2) is 4.39 Å². The fraction of sp³-hybridized carbons (Fsp3) is 0.889. The number of nitrogens with zero attached hydrogens (tertiary/aromatic N) is 1. The molecular weight excluding hydrogens is 171 g/mol. The van der Waals surface area contributed by atoms with Crippen LogP contribution in [0.1, 0.15) is 19.3 Å². The molecule has 0 aromatic rings. The van der Waals surface area contributed by atoms with E-state index in [1.54, 1.807) is 4.90 Å². The van der Waals surface area contributed by atoms with E-state index in [4.69, 9.17) is 5.73 Å². The zero-order valence-electron chi connectivity index (χ0n) is 7.58. The lowest BCUT2D eigenvalue weighted by molar-refractivity contribution is -0.134. The van der Waals surface area contributed by atoms with Gasteiger partial charge >= 0.3 is 0 Å². The SMILES string of the molecule is NC1CCN(C(=O)C2CC2)CC1F. The second-order valence-electron chi connectivity index (χ2n) is 4.03. The van der Waals surface area contributed by atoms with Crippen LogP contribution in [0.4, 0.5) is 4.39 Å². The van der Waals surface area contributed by atoms with Crippen LogP contribution in [0.3, 0.4) is 0 Å². The minimum Gasteiger partial charge on any atom is -0.339 e. The second-order valence-corrected chi connectivity index (χ2v) is 4.03. The summed E-state index contributed by atoms with van der Waals surface area (Å²) in [6, 6.07) is -0.372. The van der Waals surface area contributed by atoms with Crippen LogP contribution in [-0.2, 0) is 4.79 Å². The van der Waals surface area contributed by atoms with Gasteiger partial charge in [0.15, 0.2) is 0 Å². The molecule has 3 nitrogen and oxygen atoms in total. The van der Waals surface area contributed by atoms with Gasteiger partial charge in [0.1, 0.15) is 6.17 Å². The van der Waals surface area contributed by atoms with E-state index >= 15 is 0 Å². The fourth-order valence-corrected chi connectivity index (χ4v) is 1.71. The van der Waals surface area contributed by atoms with E-state index in [-0.39, 0.29) is 24.4 Å². The molecule has 0 aromatic carbocycles. The highest BCUT2D eigenvalue weighted by atomic mass is 19.1. The number of carbonyl (C=O) groups is 1. The Morgan fingerprint density at radius 2 is 2.08 bits per heavy atom. The Kier molecular flexibility index (Phi) is 2.24. The van der Waals surface area contributed by atoms with Crippen LogP contribution in [0.2, 0.25) is 0 Å². The van der Waals surface area contributed by atoms with Gasteiger partial charge in [-0.05, 0) is 19.3 Å². The number of nitrogens with two attached hydrogens (primary N) is 1. The maximum Gasteiger partial charge on any atom is 0.225 e. The van der Waals surface area contributed by atoms with Crippen molar-refractivity contribution in [2.45, 2.75) is 31.5 Å². The Balaban J connectivity index is 1.90. The standard InChI is InChI=1S/C9H15FN2O/c10-7-5-12(4-3-8(7)11)9(13)6-1-2-6/h6-8H,1-5,11H2. The van der Waals surface area contributed by atoms with Gasteiger partial charge in [0.2, 0.25) is 5.91 Å². The number of hydrogen-bond acceptors (Lipinski definition) is 2. The second kappa shape index (κ2) is 3.25. The Hall–Kier alpha value is -0.640. The van der Waals surface area contributed by atoms with Gasteiger partial charge in [0.25, 0.3) is 0 Å². The Bertz CT molecular complexity index is 218. The maximum atomic E-state index is 13.2. The molecule has 2 fully saturated rings. The number of likely N-dealkylation sites (tertiary alicyclic amines) is 1. The zero-order chi connectivity index (χ0) is 9.42. The molecule has 0 spiro atoms. The van der Waals surface area contributed by atoms with Crippen LogP contribution in [0.25, 0.3) is 0 Å². The van der Waals surface area contributed by atoms with Gasteiger partial charge in [-0.1, -0.05) is 0 Å². The van der Waals surface area contributed by atoms with E-state index in [2.05, 4.69) is 0 Å². The molecule has 0 aromatic heterocycles. The molecule has 2 rings (SSSR count). The molecule has 1 saturated heterocycles. The van der Waals surface area contributed by atoms with Gasteiger partial charge in [-0.3, -0.25) is 4.79 Å². The van der Waals surface area contributed by atoms with Crippen LogP contribution < -0.4 is 5.73 Å². The third kappa shape index (κ3) is 1.82. The zero-order valence-corrected chi connectivity index (χ0v) is 7.58. The van der Waals surface area contributed by atoms with Crippen molar-refractivity contribution in [1.82, 2.24) is 4.90 Å². The average Bonchev–Trinajstić information content (AvgIpc) is 2.91. The van der Waals surface area contributed by atoms with Crippen molar-refractivity contribution in [2.75, 3.05) is 13.1 Å². The van der Waals surface area contributed by atoms with E-state index in [9.17, 15) is 9.18 Å². The first kappa shape index (κ1) is 8.94. The van der Waals surface area contributed by atoms with Crippen molar-refractivity contribution in [3.63, 3.8) is 0 Å². The number of hydrogen-bond donors (Lipinski definition) is 1. The van der Waals surface area contributed by atoms with Crippen molar-refractivity contribution in [1.29, 1.82) is 0 Å². The molecule has 0 radical (unpaired) electrons. The molecule has 2 unspecified atom stereocenters. The number of rotatable bonds is 1. The lowest BCUT2D eigenvalue weighted by Crippen LogP contribution is -2.50. The van der Waals surface area contributed by atoms with Crippen molar-refractivity contribution in [3.8, 4) is 0 Å².